The maximum absolute atomic E-state index is 13.2. The highest BCUT2D eigenvalue weighted by atomic mass is 32.2. The van der Waals surface area contributed by atoms with E-state index in [-0.39, 0.29) is 33.5 Å². The first-order chi connectivity index (χ1) is 17.8. The largest absolute Gasteiger partial charge is 0.504 e. The van der Waals surface area contributed by atoms with E-state index >= 15 is 0 Å². The third-order valence-electron chi connectivity index (χ3n) is 7.20. The average Bonchev–Trinajstić information content (AvgIpc) is 3.58. The summed E-state index contributed by atoms with van der Waals surface area (Å²) in [6, 6.07) is 16.3. The molecule has 0 unspecified atom stereocenters. The molecule has 0 radical (unpaired) electrons. The molecule has 2 aliphatic rings. The molecule has 2 heterocycles. The number of hydrogen-bond acceptors (Lipinski definition) is 7. The van der Waals surface area contributed by atoms with Crippen molar-refractivity contribution in [2.75, 3.05) is 25.6 Å². The Morgan fingerprint density at radius 2 is 1.95 bits per heavy atom. The van der Waals surface area contributed by atoms with Crippen molar-refractivity contribution in [1.82, 2.24) is 9.29 Å². The van der Waals surface area contributed by atoms with E-state index in [9.17, 15) is 23.4 Å². The van der Waals surface area contributed by atoms with Gasteiger partial charge in [-0.25, -0.2) is 13.4 Å². The smallest absolute Gasteiger partial charge is 0.243 e. The number of methoxy groups -OCH3 is 1. The first-order valence-corrected chi connectivity index (χ1v) is 13.6. The second-order valence-corrected chi connectivity index (χ2v) is 11.3. The number of anilines is 1. The fourth-order valence-corrected chi connectivity index (χ4v) is 6.59. The van der Waals surface area contributed by atoms with Crippen LogP contribution >= 0.6 is 0 Å². The number of benzene rings is 2. The number of nitrogens with zero attached hydrogens (tertiary/aromatic N) is 2. The fraction of sp³-hybridized carbons (Fsp3) is 0.333. The number of ether oxygens (including phenoxy) is 1. The number of carbonyl (C=O) groups excluding carboxylic acids is 1. The SMILES string of the molecule is COc1ccc(C2(C(=O)Nc3cccc(-c4ccc(S(=O)(=O)N5CCC[C@@H]5CO)cc4)n3)CC2)cc1O.[HH].[HH].[HH]. The number of aliphatic hydroxyl groups is 1. The molecule has 2 aromatic carbocycles. The van der Waals surface area contributed by atoms with Gasteiger partial charge in [-0.1, -0.05) is 24.3 Å². The average molecular weight is 530 g/mol. The van der Waals surface area contributed by atoms with Crippen LogP contribution in [0.15, 0.2) is 65.6 Å². The molecule has 1 aliphatic carbocycles. The summed E-state index contributed by atoms with van der Waals surface area (Å²) in [7, 11) is -2.22. The standard InChI is InChI=1S/C27H29N3O6S.3H2/c1-36-24-12-9-19(16-23(24)32)27(13-14-27)26(33)29-25-6-2-5-22(28-25)18-7-10-21(11-8-18)37(34,35)30-15-3-4-20(30)17-31;;;/h2,5-12,16,20,31-32H,3-4,13-15,17H2,1H3,(H,28,29,33);3*1H/t20-;;;/m1.../s1. The Morgan fingerprint density at radius 1 is 1.19 bits per heavy atom. The quantitative estimate of drug-likeness (QED) is 0.402. The Morgan fingerprint density at radius 3 is 2.59 bits per heavy atom. The summed E-state index contributed by atoms with van der Waals surface area (Å²) < 4.78 is 32.5. The molecule has 1 saturated carbocycles. The summed E-state index contributed by atoms with van der Waals surface area (Å²) in [6.45, 7) is 0.205. The predicted molar refractivity (Wildman–Crippen MR) is 144 cm³/mol. The van der Waals surface area contributed by atoms with Gasteiger partial charge in [0.05, 0.1) is 29.7 Å². The number of carbonyl (C=O) groups is 1. The molecule has 37 heavy (non-hydrogen) atoms. The third kappa shape index (κ3) is 4.68. The van der Waals surface area contributed by atoms with Crippen LogP contribution in [0, 0.1) is 0 Å². The van der Waals surface area contributed by atoms with Crippen LogP contribution in [0.1, 0.15) is 35.5 Å². The molecular weight excluding hydrogens is 494 g/mol. The molecule has 1 amide bonds. The number of aliphatic hydroxyl groups excluding tert-OH is 1. The second-order valence-electron chi connectivity index (χ2n) is 9.45. The highest BCUT2D eigenvalue weighted by molar-refractivity contribution is 7.89. The zero-order valence-electron chi connectivity index (χ0n) is 20.4. The van der Waals surface area contributed by atoms with E-state index in [2.05, 4.69) is 10.3 Å². The molecule has 5 rings (SSSR count). The van der Waals surface area contributed by atoms with Crippen molar-refractivity contribution in [2.45, 2.75) is 42.0 Å². The molecule has 2 fully saturated rings. The Balaban J connectivity index is 0.00000187. The van der Waals surface area contributed by atoms with Crippen LogP contribution in [0.25, 0.3) is 11.3 Å². The summed E-state index contributed by atoms with van der Waals surface area (Å²) >= 11 is 0. The summed E-state index contributed by atoms with van der Waals surface area (Å²) in [5.41, 5.74) is 1.29. The minimum absolute atomic E-state index is 0. The number of hydrogen-bond donors (Lipinski definition) is 3. The van der Waals surface area contributed by atoms with E-state index in [1.807, 2.05) is 0 Å². The van der Waals surface area contributed by atoms with Gasteiger partial charge in [-0.05, 0) is 67.6 Å². The third-order valence-corrected chi connectivity index (χ3v) is 9.16. The van der Waals surface area contributed by atoms with Crippen molar-refractivity contribution >= 4 is 21.7 Å². The van der Waals surface area contributed by atoms with Crippen LogP contribution < -0.4 is 10.1 Å². The van der Waals surface area contributed by atoms with Crippen molar-refractivity contribution in [3.8, 4) is 22.8 Å². The minimum Gasteiger partial charge on any atom is -0.504 e. The summed E-state index contributed by atoms with van der Waals surface area (Å²) in [5.74, 6) is 0.515. The zero-order chi connectivity index (χ0) is 26.2. The predicted octanol–water partition coefficient (Wildman–Crippen LogP) is 4.02. The maximum atomic E-state index is 13.2. The lowest BCUT2D eigenvalue weighted by Gasteiger charge is -2.22. The van der Waals surface area contributed by atoms with E-state index in [0.29, 0.717) is 48.6 Å². The van der Waals surface area contributed by atoms with Gasteiger partial charge in [0.25, 0.3) is 0 Å². The lowest BCUT2D eigenvalue weighted by Crippen LogP contribution is -2.37. The van der Waals surface area contributed by atoms with Gasteiger partial charge in [0.15, 0.2) is 11.5 Å². The van der Waals surface area contributed by atoms with Gasteiger partial charge < -0.3 is 20.3 Å². The normalized spacial score (nSPS) is 18.9. The van der Waals surface area contributed by atoms with Crippen LogP contribution in [0.5, 0.6) is 11.5 Å². The lowest BCUT2D eigenvalue weighted by atomic mass is 9.94. The number of aromatic hydroxyl groups is 1. The van der Waals surface area contributed by atoms with Crippen LogP contribution in [0.2, 0.25) is 0 Å². The van der Waals surface area contributed by atoms with E-state index < -0.39 is 15.4 Å². The lowest BCUT2D eigenvalue weighted by molar-refractivity contribution is -0.118. The molecule has 200 valence electrons. The topological polar surface area (TPSA) is 129 Å². The number of pyridine rings is 1. The molecular formula is C27H35N3O6S. The Hall–Kier alpha value is -3.47. The summed E-state index contributed by atoms with van der Waals surface area (Å²) in [6.07, 6.45) is 2.70. The van der Waals surface area contributed by atoms with E-state index in [1.54, 1.807) is 60.7 Å². The van der Waals surface area contributed by atoms with Crippen LogP contribution in [-0.4, -0.2) is 60.1 Å². The second kappa shape index (κ2) is 9.77. The monoisotopic (exact) mass is 529 g/mol. The first-order valence-electron chi connectivity index (χ1n) is 12.2. The highest BCUT2D eigenvalue weighted by Gasteiger charge is 2.51. The van der Waals surface area contributed by atoms with Crippen LogP contribution in [-0.2, 0) is 20.2 Å². The van der Waals surface area contributed by atoms with Gasteiger partial charge in [-0.15, -0.1) is 0 Å². The van der Waals surface area contributed by atoms with Crippen LogP contribution in [0.4, 0.5) is 5.82 Å². The van der Waals surface area contributed by atoms with Crippen molar-refractivity contribution in [3.05, 3.63) is 66.2 Å². The van der Waals surface area contributed by atoms with Gasteiger partial charge in [0.1, 0.15) is 5.82 Å². The summed E-state index contributed by atoms with van der Waals surface area (Å²) in [4.78, 5) is 17.9. The zero-order valence-corrected chi connectivity index (χ0v) is 21.2. The van der Waals surface area contributed by atoms with Crippen molar-refractivity contribution in [1.29, 1.82) is 0 Å². The van der Waals surface area contributed by atoms with Crippen LogP contribution in [0.3, 0.4) is 0 Å². The number of phenolic OH excluding ortho intramolecular Hbond substituents is 1. The van der Waals surface area contributed by atoms with Gasteiger partial charge in [-0.3, -0.25) is 4.79 Å². The Bertz CT molecular complexity index is 1440. The molecule has 1 aliphatic heterocycles. The molecule has 1 atom stereocenters. The van der Waals surface area contributed by atoms with Crippen molar-refractivity contribution < 1.29 is 32.4 Å². The van der Waals surface area contributed by atoms with Gasteiger partial charge in [0.2, 0.25) is 15.9 Å². The molecule has 1 saturated heterocycles. The highest BCUT2D eigenvalue weighted by Crippen LogP contribution is 2.50. The molecule has 3 N–H and O–H groups in total. The first kappa shape index (κ1) is 25.2. The fourth-order valence-electron chi connectivity index (χ4n) is 4.90. The van der Waals surface area contributed by atoms with Crippen molar-refractivity contribution in [2.24, 2.45) is 0 Å². The molecule has 0 spiro atoms. The Labute approximate surface area is 220 Å². The van der Waals surface area contributed by atoms with Gasteiger partial charge in [0, 0.05) is 22.4 Å². The summed E-state index contributed by atoms with van der Waals surface area (Å²) in [5, 5.41) is 22.6. The van der Waals surface area contributed by atoms with Gasteiger partial charge in [-0.2, -0.15) is 4.31 Å². The number of phenols is 1. The minimum atomic E-state index is -3.70. The maximum Gasteiger partial charge on any atom is 0.243 e. The van der Waals surface area contributed by atoms with Gasteiger partial charge >= 0.3 is 0 Å². The number of amides is 1. The van der Waals surface area contributed by atoms with E-state index in [1.165, 1.54) is 11.4 Å². The Kier molecular flexibility index (Phi) is 6.65. The molecule has 9 nitrogen and oxygen atoms in total. The number of rotatable bonds is 8. The number of nitrogens with one attached hydrogen (secondary N) is 1. The molecule has 1 aromatic heterocycles. The number of aromatic nitrogens is 1. The molecule has 0 bridgehead atoms. The number of sulfonamides is 1. The van der Waals surface area contributed by atoms with E-state index in [4.69, 9.17) is 4.74 Å². The van der Waals surface area contributed by atoms with E-state index in [0.717, 1.165) is 12.0 Å². The molecule has 3 aromatic rings. The molecule has 10 heteroatoms. The van der Waals surface area contributed by atoms with Crippen molar-refractivity contribution in [3.63, 3.8) is 0 Å².